The highest BCUT2D eigenvalue weighted by molar-refractivity contribution is 5.92. The second-order valence-corrected chi connectivity index (χ2v) is 7.61. The molecule has 0 radical (unpaired) electrons. The molecule has 1 saturated heterocycles. The molecule has 3 rings (SSSR count). The molecule has 1 aromatic heterocycles. The number of H-pyrrole nitrogens is 1. The Morgan fingerprint density at radius 2 is 1.87 bits per heavy atom. The van der Waals surface area contributed by atoms with Crippen molar-refractivity contribution in [3.05, 3.63) is 36.0 Å². The third-order valence-electron chi connectivity index (χ3n) is 5.37. The van der Waals surface area contributed by atoms with Crippen LogP contribution in [-0.2, 0) is 25.6 Å². The number of aliphatic carboxylic acids is 2. The van der Waals surface area contributed by atoms with Gasteiger partial charge in [-0.2, -0.15) is 0 Å². The van der Waals surface area contributed by atoms with Gasteiger partial charge in [0.15, 0.2) is 0 Å². The number of carbonyl (C=O) groups excluding carboxylic acids is 2. The van der Waals surface area contributed by atoms with Gasteiger partial charge in [0.1, 0.15) is 12.1 Å². The lowest BCUT2D eigenvalue weighted by atomic mass is 10.0. The number of para-hydroxylation sites is 1. The number of hydrogen-bond acceptors (Lipinski definition) is 5. The van der Waals surface area contributed by atoms with Crippen molar-refractivity contribution in [2.75, 3.05) is 6.54 Å². The summed E-state index contributed by atoms with van der Waals surface area (Å²) in [4.78, 5) is 51.1. The summed E-state index contributed by atoms with van der Waals surface area (Å²) in [6, 6.07) is 4.59. The van der Waals surface area contributed by atoms with E-state index in [0.29, 0.717) is 13.0 Å². The fourth-order valence-corrected chi connectivity index (χ4v) is 3.71. The summed E-state index contributed by atoms with van der Waals surface area (Å²) in [5.41, 5.74) is 1.58. The quantitative estimate of drug-likeness (QED) is 0.318. The van der Waals surface area contributed by atoms with Crippen LogP contribution in [0.1, 0.15) is 31.2 Å². The largest absolute Gasteiger partial charge is 0.481 e. The van der Waals surface area contributed by atoms with Gasteiger partial charge in [0.2, 0.25) is 11.8 Å². The van der Waals surface area contributed by atoms with E-state index in [1.807, 2.05) is 24.3 Å². The molecule has 31 heavy (non-hydrogen) atoms. The highest BCUT2D eigenvalue weighted by Crippen LogP contribution is 2.19. The molecule has 2 aromatic rings. The maximum atomic E-state index is 12.8. The Hall–Kier alpha value is -3.40. The van der Waals surface area contributed by atoms with Crippen LogP contribution in [0.3, 0.4) is 0 Å². The molecule has 0 bridgehead atoms. The molecule has 10 nitrogen and oxygen atoms in total. The number of nitrogens with one attached hydrogen (secondary N) is 4. The van der Waals surface area contributed by atoms with Crippen LogP contribution >= 0.6 is 0 Å². The maximum Gasteiger partial charge on any atom is 0.326 e. The van der Waals surface area contributed by atoms with E-state index in [0.717, 1.165) is 22.9 Å². The molecule has 1 fully saturated rings. The van der Waals surface area contributed by atoms with Crippen molar-refractivity contribution in [3.63, 3.8) is 0 Å². The lowest BCUT2D eigenvalue weighted by molar-refractivity contribution is -0.143. The Kier molecular flexibility index (Phi) is 7.24. The molecule has 2 heterocycles. The van der Waals surface area contributed by atoms with Crippen LogP contribution in [0.2, 0.25) is 0 Å². The summed E-state index contributed by atoms with van der Waals surface area (Å²) in [6.45, 7) is 0.690. The van der Waals surface area contributed by atoms with Crippen LogP contribution in [0.4, 0.5) is 0 Å². The Labute approximate surface area is 178 Å². The minimum Gasteiger partial charge on any atom is -0.481 e. The van der Waals surface area contributed by atoms with Crippen LogP contribution in [0.5, 0.6) is 0 Å². The van der Waals surface area contributed by atoms with Crippen molar-refractivity contribution in [1.82, 2.24) is 20.9 Å². The molecule has 1 aliphatic rings. The fourth-order valence-electron chi connectivity index (χ4n) is 3.71. The molecule has 1 aromatic carbocycles. The van der Waals surface area contributed by atoms with E-state index in [1.165, 1.54) is 0 Å². The number of aromatic amines is 1. The van der Waals surface area contributed by atoms with Gasteiger partial charge in [-0.05, 0) is 37.4 Å². The molecule has 0 spiro atoms. The molecule has 6 N–H and O–H groups in total. The molecule has 10 heteroatoms. The molecule has 3 atom stereocenters. The molecule has 0 saturated carbocycles. The molecule has 2 amide bonds. The zero-order valence-corrected chi connectivity index (χ0v) is 16.9. The van der Waals surface area contributed by atoms with Gasteiger partial charge >= 0.3 is 11.9 Å². The van der Waals surface area contributed by atoms with Crippen molar-refractivity contribution in [2.45, 2.75) is 50.2 Å². The third-order valence-corrected chi connectivity index (χ3v) is 5.37. The van der Waals surface area contributed by atoms with Crippen molar-refractivity contribution >= 4 is 34.7 Å². The second-order valence-electron chi connectivity index (χ2n) is 7.61. The number of amides is 2. The number of carboxylic acid groups (broad SMARTS) is 2. The van der Waals surface area contributed by atoms with Gasteiger partial charge in [0.25, 0.3) is 0 Å². The number of benzene rings is 1. The highest BCUT2D eigenvalue weighted by atomic mass is 16.4. The lowest BCUT2D eigenvalue weighted by Crippen LogP contribution is -2.54. The zero-order chi connectivity index (χ0) is 22.4. The number of aromatic nitrogens is 1. The molecule has 1 aliphatic heterocycles. The Morgan fingerprint density at radius 3 is 2.55 bits per heavy atom. The summed E-state index contributed by atoms with van der Waals surface area (Å²) in [5.74, 6) is -3.45. The number of rotatable bonds is 10. The van der Waals surface area contributed by atoms with Gasteiger partial charge in [-0.1, -0.05) is 18.2 Å². The Balaban J connectivity index is 1.70. The average Bonchev–Trinajstić information content (AvgIpc) is 3.40. The minimum absolute atomic E-state index is 0.0366. The number of carboxylic acids is 2. The predicted octanol–water partition coefficient (Wildman–Crippen LogP) is 0.381. The van der Waals surface area contributed by atoms with Crippen molar-refractivity contribution in [2.24, 2.45) is 0 Å². The molecule has 0 aliphatic carbocycles. The first-order valence-electron chi connectivity index (χ1n) is 10.2. The summed E-state index contributed by atoms with van der Waals surface area (Å²) < 4.78 is 0. The monoisotopic (exact) mass is 430 g/mol. The SMILES string of the molecule is O=C(O)CCC(NC(=O)C1CCCN1)C(=O)NC(Cc1c[nH]c2ccccc12)C(=O)O. The smallest absolute Gasteiger partial charge is 0.326 e. The van der Waals surface area contributed by atoms with Gasteiger partial charge in [0, 0.05) is 29.9 Å². The van der Waals surface area contributed by atoms with Crippen LogP contribution in [-0.4, -0.2) is 63.6 Å². The van der Waals surface area contributed by atoms with E-state index in [9.17, 15) is 24.3 Å². The second kappa shape index (κ2) is 10.1. The van der Waals surface area contributed by atoms with Crippen LogP contribution in [0.15, 0.2) is 30.5 Å². The Morgan fingerprint density at radius 1 is 1.10 bits per heavy atom. The van der Waals surface area contributed by atoms with E-state index in [4.69, 9.17) is 5.11 Å². The molecule has 3 unspecified atom stereocenters. The first-order chi connectivity index (χ1) is 14.8. The first-order valence-corrected chi connectivity index (χ1v) is 10.2. The standard InChI is InChI=1S/C21H26N4O6/c26-18(27)8-7-16(24-19(28)15-6-3-9-22-15)20(29)25-17(21(30)31)10-12-11-23-14-5-2-1-4-13(12)14/h1-2,4-5,11,15-17,22-23H,3,6-10H2,(H,24,28)(H,25,29)(H,26,27)(H,30,31). The van der Waals surface area contributed by atoms with Crippen molar-refractivity contribution in [1.29, 1.82) is 0 Å². The van der Waals surface area contributed by atoms with Crippen LogP contribution in [0.25, 0.3) is 10.9 Å². The van der Waals surface area contributed by atoms with Crippen molar-refractivity contribution in [3.8, 4) is 0 Å². The predicted molar refractivity (Wildman–Crippen MR) is 111 cm³/mol. The van der Waals surface area contributed by atoms with Crippen LogP contribution < -0.4 is 16.0 Å². The van der Waals surface area contributed by atoms with E-state index >= 15 is 0 Å². The zero-order valence-electron chi connectivity index (χ0n) is 16.9. The molecule has 166 valence electrons. The van der Waals surface area contributed by atoms with Gasteiger partial charge in [-0.3, -0.25) is 14.4 Å². The van der Waals surface area contributed by atoms with Gasteiger partial charge < -0.3 is 31.1 Å². The Bertz CT molecular complexity index is 966. The third kappa shape index (κ3) is 5.82. The van der Waals surface area contributed by atoms with E-state index < -0.39 is 41.9 Å². The summed E-state index contributed by atoms with van der Waals surface area (Å²) in [7, 11) is 0. The van der Waals surface area contributed by atoms with Crippen LogP contribution in [0, 0.1) is 0 Å². The maximum absolute atomic E-state index is 12.8. The van der Waals surface area contributed by atoms with Crippen molar-refractivity contribution < 1.29 is 29.4 Å². The lowest BCUT2D eigenvalue weighted by Gasteiger charge is -2.22. The minimum atomic E-state index is -1.24. The molecular weight excluding hydrogens is 404 g/mol. The first kappa shape index (κ1) is 22.3. The fraction of sp³-hybridized carbons (Fsp3) is 0.429. The highest BCUT2D eigenvalue weighted by Gasteiger charge is 2.30. The van der Waals surface area contributed by atoms with Gasteiger partial charge in [0.05, 0.1) is 6.04 Å². The average molecular weight is 430 g/mol. The summed E-state index contributed by atoms with van der Waals surface area (Å²) in [6.07, 6.45) is 2.71. The number of hydrogen-bond donors (Lipinski definition) is 6. The summed E-state index contributed by atoms with van der Waals surface area (Å²) in [5, 5.41) is 27.5. The number of fused-ring (bicyclic) bond motifs is 1. The summed E-state index contributed by atoms with van der Waals surface area (Å²) >= 11 is 0. The number of carbonyl (C=O) groups is 4. The molecular formula is C21H26N4O6. The topological polar surface area (TPSA) is 161 Å². The normalized spacial score (nSPS) is 17.7. The van der Waals surface area contributed by atoms with E-state index in [1.54, 1.807) is 6.20 Å². The van der Waals surface area contributed by atoms with Gasteiger partial charge in [-0.25, -0.2) is 4.79 Å². The van der Waals surface area contributed by atoms with E-state index in [-0.39, 0.29) is 19.3 Å². The van der Waals surface area contributed by atoms with E-state index in [2.05, 4.69) is 20.9 Å². The van der Waals surface area contributed by atoms with Gasteiger partial charge in [-0.15, -0.1) is 0 Å².